The van der Waals surface area contributed by atoms with E-state index in [0.717, 1.165) is 11.5 Å². The van der Waals surface area contributed by atoms with Gasteiger partial charge >= 0.3 is 0 Å². The fourth-order valence-electron chi connectivity index (χ4n) is 1.63. The summed E-state index contributed by atoms with van der Waals surface area (Å²) in [5.41, 5.74) is 0. The van der Waals surface area contributed by atoms with Crippen molar-refractivity contribution in [3.63, 3.8) is 0 Å². The molecule has 0 unspecified atom stereocenters. The van der Waals surface area contributed by atoms with E-state index in [1.165, 1.54) is 0 Å². The van der Waals surface area contributed by atoms with Crippen molar-refractivity contribution in [2.24, 2.45) is 0 Å². The molecule has 0 radical (unpaired) electrons. The number of rotatable bonds is 7. The van der Waals surface area contributed by atoms with E-state index < -0.39 is 5.76 Å². The number of halogens is 2. The van der Waals surface area contributed by atoms with Gasteiger partial charge in [-0.25, -0.2) is 0 Å². The minimum absolute atomic E-state index is 0.0685. The van der Waals surface area contributed by atoms with E-state index in [1.54, 1.807) is 18.4 Å². The number of thioether (sulfide) groups is 1. The second-order valence-electron chi connectivity index (χ2n) is 4.06. The molecule has 2 heterocycles. The molecule has 0 fully saturated rings. The van der Waals surface area contributed by atoms with Crippen LogP contribution in [0.4, 0.5) is 8.78 Å². The highest BCUT2D eigenvalue weighted by atomic mass is 32.2. The lowest BCUT2D eigenvalue weighted by Crippen LogP contribution is -2.17. The summed E-state index contributed by atoms with van der Waals surface area (Å²) in [4.78, 5) is 0. The monoisotopic (exact) mass is 287 g/mol. The number of hydrogen-bond acceptors (Lipinski definition) is 4. The SMILES string of the molecule is C[C@H](NCc1ccc(CSC(F)F)o1)c1ccco1. The number of alkyl halides is 2. The van der Waals surface area contributed by atoms with Gasteiger partial charge < -0.3 is 14.2 Å². The van der Waals surface area contributed by atoms with Gasteiger partial charge in [-0.15, -0.1) is 0 Å². The zero-order chi connectivity index (χ0) is 13.7. The van der Waals surface area contributed by atoms with Crippen LogP contribution >= 0.6 is 11.8 Å². The number of nitrogens with one attached hydrogen (secondary N) is 1. The van der Waals surface area contributed by atoms with Crippen molar-refractivity contribution >= 4 is 11.8 Å². The first-order valence-electron chi connectivity index (χ1n) is 5.89. The molecule has 2 aromatic heterocycles. The molecule has 0 saturated heterocycles. The van der Waals surface area contributed by atoms with Crippen LogP contribution in [0, 0.1) is 0 Å². The zero-order valence-electron chi connectivity index (χ0n) is 10.4. The Labute approximate surface area is 114 Å². The van der Waals surface area contributed by atoms with E-state index in [1.807, 2.05) is 19.1 Å². The van der Waals surface area contributed by atoms with Crippen molar-refractivity contribution < 1.29 is 17.6 Å². The molecule has 0 aliphatic rings. The van der Waals surface area contributed by atoms with Gasteiger partial charge in [-0.05, 0) is 31.2 Å². The summed E-state index contributed by atoms with van der Waals surface area (Å²) in [5, 5.41) is 3.24. The Balaban J connectivity index is 1.80. The minimum Gasteiger partial charge on any atom is -0.468 e. The molecule has 19 heavy (non-hydrogen) atoms. The molecule has 0 aromatic carbocycles. The Morgan fingerprint density at radius 2 is 2.05 bits per heavy atom. The molecule has 0 amide bonds. The highest BCUT2D eigenvalue weighted by Crippen LogP contribution is 2.21. The minimum atomic E-state index is -2.37. The van der Waals surface area contributed by atoms with Crippen LogP contribution in [0.2, 0.25) is 0 Å². The molecular weight excluding hydrogens is 272 g/mol. The van der Waals surface area contributed by atoms with Crippen molar-refractivity contribution in [1.82, 2.24) is 5.32 Å². The summed E-state index contributed by atoms with van der Waals surface area (Å²) in [6.45, 7) is 2.51. The van der Waals surface area contributed by atoms with Gasteiger partial charge in [-0.3, -0.25) is 0 Å². The quantitative estimate of drug-likeness (QED) is 0.829. The molecule has 3 nitrogen and oxygen atoms in total. The molecule has 2 rings (SSSR count). The lowest BCUT2D eigenvalue weighted by atomic mass is 10.2. The van der Waals surface area contributed by atoms with Crippen LogP contribution in [0.3, 0.4) is 0 Å². The molecule has 2 aromatic rings. The Morgan fingerprint density at radius 3 is 2.74 bits per heavy atom. The lowest BCUT2D eigenvalue weighted by molar-refractivity contribution is 0.251. The highest BCUT2D eigenvalue weighted by molar-refractivity contribution is 7.98. The average Bonchev–Trinajstić information content (AvgIpc) is 3.04. The number of furan rings is 2. The van der Waals surface area contributed by atoms with Crippen LogP contribution in [0.5, 0.6) is 0 Å². The normalized spacial score (nSPS) is 13.1. The van der Waals surface area contributed by atoms with E-state index in [0.29, 0.717) is 24.1 Å². The molecule has 0 bridgehead atoms. The van der Waals surface area contributed by atoms with Crippen LogP contribution < -0.4 is 5.32 Å². The smallest absolute Gasteiger partial charge is 0.284 e. The molecule has 0 aliphatic carbocycles. The lowest BCUT2D eigenvalue weighted by Gasteiger charge is -2.09. The second-order valence-corrected chi connectivity index (χ2v) is 5.04. The summed E-state index contributed by atoms with van der Waals surface area (Å²) >= 11 is 0.558. The van der Waals surface area contributed by atoms with E-state index in [9.17, 15) is 8.78 Å². The van der Waals surface area contributed by atoms with Crippen LogP contribution in [0.15, 0.2) is 39.4 Å². The van der Waals surface area contributed by atoms with E-state index in [2.05, 4.69) is 5.32 Å². The Hall–Kier alpha value is -1.27. The van der Waals surface area contributed by atoms with E-state index >= 15 is 0 Å². The first-order chi connectivity index (χ1) is 9.15. The first kappa shape index (κ1) is 14.1. The van der Waals surface area contributed by atoms with Crippen LogP contribution in [-0.2, 0) is 12.3 Å². The van der Waals surface area contributed by atoms with Gasteiger partial charge in [-0.2, -0.15) is 8.78 Å². The average molecular weight is 287 g/mol. The van der Waals surface area contributed by atoms with Crippen LogP contribution in [0.25, 0.3) is 0 Å². The third kappa shape index (κ3) is 4.40. The summed E-state index contributed by atoms with van der Waals surface area (Å²) in [6.07, 6.45) is 1.63. The van der Waals surface area contributed by atoms with E-state index in [4.69, 9.17) is 8.83 Å². The van der Waals surface area contributed by atoms with Gasteiger partial charge in [0.05, 0.1) is 24.6 Å². The molecule has 104 valence electrons. The molecule has 1 N–H and O–H groups in total. The van der Waals surface area contributed by atoms with Crippen molar-refractivity contribution in [3.05, 3.63) is 47.8 Å². The van der Waals surface area contributed by atoms with Gasteiger partial charge in [0, 0.05) is 0 Å². The molecule has 0 spiro atoms. The van der Waals surface area contributed by atoms with Gasteiger partial charge in [0.1, 0.15) is 17.3 Å². The molecule has 0 aliphatic heterocycles. The highest BCUT2D eigenvalue weighted by Gasteiger charge is 2.10. The third-order valence-electron chi connectivity index (χ3n) is 2.62. The number of hydrogen-bond donors (Lipinski definition) is 1. The summed E-state index contributed by atoms with van der Waals surface area (Å²) in [7, 11) is 0. The Kier molecular flexibility index (Phi) is 5.04. The second kappa shape index (κ2) is 6.77. The van der Waals surface area contributed by atoms with Crippen molar-refractivity contribution in [2.45, 2.75) is 31.0 Å². The van der Waals surface area contributed by atoms with E-state index in [-0.39, 0.29) is 11.8 Å². The van der Waals surface area contributed by atoms with Gasteiger partial charge in [0.15, 0.2) is 0 Å². The predicted octanol–water partition coefficient (Wildman–Crippen LogP) is 4.18. The molecule has 6 heteroatoms. The van der Waals surface area contributed by atoms with Crippen molar-refractivity contribution in [3.8, 4) is 0 Å². The largest absolute Gasteiger partial charge is 0.468 e. The van der Waals surface area contributed by atoms with Crippen molar-refractivity contribution in [2.75, 3.05) is 0 Å². The van der Waals surface area contributed by atoms with Crippen LogP contribution in [0.1, 0.15) is 30.2 Å². The maximum Gasteiger partial charge on any atom is 0.284 e. The standard InChI is InChI=1S/C13H15F2NO2S/c1-9(12-3-2-6-17-12)16-7-10-4-5-11(18-10)8-19-13(14)15/h2-6,9,13,16H,7-8H2,1H3/t9-/m0/s1. The topological polar surface area (TPSA) is 38.3 Å². The van der Waals surface area contributed by atoms with Gasteiger partial charge in [0.2, 0.25) is 0 Å². The fourth-order valence-corrected chi connectivity index (χ4v) is 2.08. The molecular formula is C13H15F2NO2S. The zero-order valence-corrected chi connectivity index (χ0v) is 11.3. The predicted molar refractivity (Wildman–Crippen MR) is 70.0 cm³/mol. The van der Waals surface area contributed by atoms with Crippen LogP contribution in [-0.4, -0.2) is 5.76 Å². The summed E-state index contributed by atoms with van der Waals surface area (Å²) in [5.74, 6) is -0.0486. The third-order valence-corrected chi connectivity index (χ3v) is 3.32. The van der Waals surface area contributed by atoms with Gasteiger partial charge in [-0.1, -0.05) is 11.8 Å². The Bertz CT molecular complexity index is 485. The Morgan fingerprint density at radius 1 is 1.26 bits per heavy atom. The fraction of sp³-hybridized carbons (Fsp3) is 0.385. The summed E-state index contributed by atoms with van der Waals surface area (Å²) < 4.78 is 34.8. The van der Waals surface area contributed by atoms with Gasteiger partial charge in [0.25, 0.3) is 5.76 Å². The van der Waals surface area contributed by atoms with Crippen molar-refractivity contribution in [1.29, 1.82) is 0 Å². The maximum absolute atomic E-state index is 12.0. The summed E-state index contributed by atoms with van der Waals surface area (Å²) in [6, 6.07) is 7.32. The first-order valence-corrected chi connectivity index (χ1v) is 6.94. The molecule has 0 saturated carbocycles. The molecule has 1 atom stereocenters. The maximum atomic E-state index is 12.0.